The topological polar surface area (TPSA) is 70.5 Å². The number of likely N-dealkylation sites (tertiary alicyclic amines) is 1. The number of carbonyl (C=O) groups is 2. The van der Waals surface area contributed by atoms with E-state index in [1.54, 1.807) is 17.3 Å². The number of carbonyl (C=O) groups excluding carboxylic acids is 2. The van der Waals surface area contributed by atoms with E-state index in [1.807, 2.05) is 68.4 Å². The quantitative estimate of drug-likeness (QED) is 0.316. The molecule has 1 fully saturated rings. The van der Waals surface area contributed by atoms with Gasteiger partial charge in [-0.25, -0.2) is 0 Å². The van der Waals surface area contributed by atoms with Gasteiger partial charge in [0.1, 0.15) is 5.76 Å². The summed E-state index contributed by atoms with van der Waals surface area (Å²) >= 11 is 0. The number of rotatable bonds is 4. The fraction of sp³-hybridized carbons (Fsp3) is 0.276. The molecule has 4 rings (SSSR count). The van der Waals surface area contributed by atoms with Crippen molar-refractivity contribution < 1.29 is 14.7 Å². The molecule has 1 aliphatic heterocycles. The number of aryl methyl sites for hydroxylation is 2. The molecule has 1 N–H and O–H groups in total. The van der Waals surface area contributed by atoms with Gasteiger partial charge in [-0.1, -0.05) is 62.7 Å². The Labute approximate surface area is 200 Å². The molecule has 0 aliphatic carbocycles. The molecule has 2 heterocycles. The number of hydrogen-bond donors (Lipinski definition) is 1. The van der Waals surface area contributed by atoms with Gasteiger partial charge in [-0.05, 0) is 59.7 Å². The van der Waals surface area contributed by atoms with Gasteiger partial charge in [0.2, 0.25) is 0 Å². The van der Waals surface area contributed by atoms with Crippen molar-refractivity contribution in [3.63, 3.8) is 0 Å². The Bertz CT molecular complexity index is 1290. The number of ketones is 1. The van der Waals surface area contributed by atoms with Gasteiger partial charge in [-0.2, -0.15) is 0 Å². The molecule has 5 nitrogen and oxygen atoms in total. The molecule has 5 heteroatoms. The first-order valence-electron chi connectivity index (χ1n) is 11.4. The van der Waals surface area contributed by atoms with E-state index in [1.165, 1.54) is 0 Å². The van der Waals surface area contributed by atoms with Crippen LogP contribution in [0, 0.1) is 13.8 Å². The molecule has 174 valence electrons. The highest BCUT2D eigenvalue weighted by molar-refractivity contribution is 6.46. The van der Waals surface area contributed by atoms with Crippen molar-refractivity contribution in [1.29, 1.82) is 0 Å². The lowest BCUT2D eigenvalue weighted by molar-refractivity contribution is -0.140. The average Bonchev–Trinajstić information content (AvgIpc) is 3.04. The van der Waals surface area contributed by atoms with E-state index >= 15 is 0 Å². The summed E-state index contributed by atoms with van der Waals surface area (Å²) < 4.78 is 0. The monoisotopic (exact) mass is 454 g/mol. The second-order valence-electron chi connectivity index (χ2n) is 9.98. The molecule has 3 aromatic rings. The van der Waals surface area contributed by atoms with Gasteiger partial charge < -0.3 is 10.0 Å². The average molecular weight is 455 g/mol. The predicted octanol–water partition coefficient (Wildman–Crippen LogP) is 5.62. The molecule has 1 unspecified atom stereocenters. The third kappa shape index (κ3) is 4.38. The SMILES string of the molecule is Cc1cccc(C2/C(=C(\O)c3cc(C(C)(C)C)ccc3C)C(=O)C(=O)N2Cc2ccncc2)c1. The number of nitrogens with zero attached hydrogens (tertiary/aromatic N) is 2. The Hall–Kier alpha value is -3.73. The Morgan fingerprint density at radius 3 is 2.35 bits per heavy atom. The minimum absolute atomic E-state index is 0.124. The zero-order valence-electron chi connectivity index (χ0n) is 20.3. The van der Waals surface area contributed by atoms with Crippen molar-refractivity contribution in [1.82, 2.24) is 9.88 Å². The van der Waals surface area contributed by atoms with Crippen molar-refractivity contribution in [2.75, 3.05) is 0 Å². The number of aliphatic hydroxyl groups excluding tert-OH is 1. The van der Waals surface area contributed by atoms with E-state index in [2.05, 4.69) is 25.8 Å². The number of hydrogen-bond acceptors (Lipinski definition) is 4. The molecule has 0 spiro atoms. The molecule has 1 atom stereocenters. The predicted molar refractivity (Wildman–Crippen MR) is 133 cm³/mol. The molecule has 2 aromatic carbocycles. The van der Waals surface area contributed by atoms with Crippen LogP contribution in [0.5, 0.6) is 0 Å². The third-order valence-corrected chi connectivity index (χ3v) is 6.36. The maximum atomic E-state index is 13.4. The first kappa shape index (κ1) is 23.4. The number of aliphatic hydroxyl groups is 1. The number of Topliss-reactive ketones (excluding diaryl/α,β-unsaturated/α-hetero) is 1. The van der Waals surface area contributed by atoms with E-state index in [9.17, 15) is 14.7 Å². The largest absolute Gasteiger partial charge is 0.507 e. The van der Waals surface area contributed by atoms with Gasteiger partial charge in [-0.3, -0.25) is 14.6 Å². The summed E-state index contributed by atoms with van der Waals surface area (Å²) in [5.74, 6) is -1.42. The first-order chi connectivity index (χ1) is 16.1. The van der Waals surface area contributed by atoms with Crippen molar-refractivity contribution in [3.8, 4) is 0 Å². The number of amides is 1. The molecule has 0 saturated carbocycles. The van der Waals surface area contributed by atoms with Crippen LogP contribution in [0.2, 0.25) is 0 Å². The standard InChI is InChI=1S/C29H30N2O3/c1-18-7-6-8-21(15-18)25-24(26(32)23-16-22(29(3,4)5)10-9-19(23)2)27(33)28(34)31(25)17-20-11-13-30-14-12-20/h6-16,25,32H,17H2,1-5H3/b26-24+. The lowest BCUT2D eigenvalue weighted by atomic mass is 9.84. The van der Waals surface area contributed by atoms with Gasteiger partial charge in [0.15, 0.2) is 0 Å². The van der Waals surface area contributed by atoms with E-state index in [-0.39, 0.29) is 23.3 Å². The molecule has 34 heavy (non-hydrogen) atoms. The Kier molecular flexibility index (Phi) is 6.13. The second kappa shape index (κ2) is 8.90. The van der Waals surface area contributed by atoms with E-state index in [0.717, 1.165) is 27.8 Å². The van der Waals surface area contributed by atoms with Crippen LogP contribution < -0.4 is 0 Å². The maximum Gasteiger partial charge on any atom is 0.295 e. The van der Waals surface area contributed by atoms with Crippen LogP contribution in [0.3, 0.4) is 0 Å². The molecule has 1 amide bonds. The number of pyridine rings is 1. The normalized spacial score (nSPS) is 17.9. The van der Waals surface area contributed by atoms with Gasteiger partial charge in [0.25, 0.3) is 11.7 Å². The van der Waals surface area contributed by atoms with Crippen LogP contribution in [0.1, 0.15) is 60.2 Å². The third-order valence-electron chi connectivity index (χ3n) is 6.36. The fourth-order valence-electron chi connectivity index (χ4n) is 4.40. The van der Waals surface area contributed by atoms with Crippen LogP contribution in [0.25, 0.3) is 5.76 Å². The van der Waals surface area contributed by atoms with Crippen molar-refractivity contribution >= 4 is 17.4 Å². The fourth-order valence-corrected chi connectivity index (χ4v) is 4.40. The summed E-state index contributed by atoms with van der Waals surface area (Å²) in [6.07, 6.45) is 3.32. The van der Waals surface area contributed by atoms with Gasteiger partial charge in [0, 0.05) is 24.5 Å². The van der Waals surface area contributed by atoms with Crippen LogP contribution in [-0.2, 0) is 21.5 Å². The zero-order chi connectivity index (χ0) is 24.6. The maximum absolute atomic E-state index is 13.4. The summed E-state index contributed by atoms with van der Waals surface area (Å²) in [7, 11) is 0. The van der Waals surface area contributed by atoms with Crippen LogP contribution in [0.15, 0.2) is 72.6 Å². The van der Waals surface area contributed by atoms with Gasteiger partial charge >= 0.3 is 0 Å². The van der Waals surface area contributed by atoms with Crippen molar-refractivity contribution in [2.24, 2.45) is 0 Å². The summed E-state index contributed by atoms with van der Waals surface area (Å²) in [5.41, 5.74) is 5.11. The minimum atomic E-state index is -0.689. The Balaban J connectivity index is 1.92. The van der Waals surface area contributed by atoms with E-state index < -0.39 is 17.7 Å². The summed E-state index contributed by atoms with van der Waals surface area (Å²) in [5, 5.41) is 11.5. The molecule has 1 aliphatic rings. The van der Waals surface area contributed by atoms with E-state index in [4.69, 9.17) is 0 Å². The van der Waals surface area contributed by atoms with Crippen molar-refractivity contribution in [2.45, 2.75) is 52.6 Å². The van der Waals surface area contributed by atoms with Crippen LogP contribution in [0.4, 0.5) is 0 Å². The molecule has 0 bridgehead atoms. The highest BCUT2D eigenvalue weighted by Crippen LogP contribution is 2.41. The van der Waals surface area contributed by atoms with Gasteiger partial charge in [-0.15, -0.1) is 0 Å². The second-order valence-corrected chi connectivity index (χ2v) is 9.98. The van der Waals surface area contributed by atoms with E-state index in [0.29, 0.717) is 5.56 Å². The molecular formula is C29H30N2O3. The summed E-state index contributed by atoms with van der Waals surface area (Å²) in [6, 6.07) is 16.6. The van der Waals surface area contributed by atoms with Crippen molar-refractivity contribution in [3.05, 3.63) is 106 Å². The number of benzene rings is 2. The van der Waals surface area contributed by atoms with Crippen LogP contribution in [-0.4, -0.2) is 26.7 Å². The zero-order valence-corrected chi connectivity index (χ0v) is 20.3. The lowest BCUT2D eigenvalue weighted by Crippen LogP contribution is -2.29. The lowest BCUT2D eigenvalue weighted by Gasteiger charge is -2.26. The van der Waals surface area contributed by atoms with Gasteiger partial charge in [0.05, 0.1) is 11.6 Å². The Morgan fingerprint density at radius 2 is 1.71 bits per heavy atom. The smallest absolute Gasteiger partial charge is 0.295 e. The Morgan fingerprint density at radius 1 is 1.00 bits per heavy atom. The van der Waals surface area contributed by atoms with Crippen LogP contribution >= 0.6 is 0 Å². The number of aromatic nitrogens is 1. The molecule has 1 saturated heterocycles. The molecule has 1 aromatic heterocycles. The highest BCUT2D eigenvalue weighted by atomic mass is 16.3. The first-order valence-corrected chi connectivity index (χ1v) is 11.4. The summed E-state index contributed by atoms with van der Waals surface area (Å²) in [4.78, 5) is 32.2. The molecule has 0 radical (unpaired) electrons. The summed E-state index contributed by atoms with van der Waals surface area (Å²) in [6.45, 7) is 10.4. The molecular weight excluding hydrogens is 424 g/mol. The highest BCUT2D eigenvalue weighted by Gasteiger charge is 2.46. The minimum Gasteiger partial charge on any atom is -0.507 e.